The van der Waals surface area contributed by atoms with Gasteiger partial charge in [-0.15, -0.1) is 0 Å². The molecule has 4 atom stereocenters. The molecule has 5 N–H and O–H groups in total. The number of aliphatic carboxylic acids is 1. The molecule has 1 heterocycles. The number of amides is 1. The van der Waals surface area contributed by atoms with E-state index in [1.165, 1.54) is 12.1 Å². The van der Waals surface area contributed by atoms with E-state index in [4.69, 9.17) is 4.74 Å². The zero-order valence-electron chi connectivity index (χ0n) is 22.2. The van der Waals surface area contributed by atoms with Crippen LogP contribution in [-0.4, -0.2) is 60.5 Å². The van der Waals surface area contributed by atoms with Crippen LogP contribution in [0.25, 0.3) is 11.1 Å². The summed E-state index contributed by atoms with van der Waals surface area (Å²) < 4.78 is 33.5. The van der Waals surface area contributed by atoms with Gasteiger partial charge >= 0.3 is 5.97 Å². The Bertz CT molecular complexity index is 1470. The van der Waals surface area contributed by atoms with Crippen LogP contribution in [0.2, 0.25) is 0 Å². The highest BCUT2D eigenvalue weighted by Crippen LogP contribution is 2.40. The molecule has 40 heavy (non-hydrogen) atoms. The molecule has 4 rings (SSSR count). The third-order valence-corrected chi connectivity index (χ3v) is 8.43. The molecule has 212 valence electrons. The monoisotopic (exact) mass is 568 g/mol. The Balaban J connectivity index is 1.44. The maximum absolute atomic E-state index is 13.0. The summed E-state index contributed by atoms with van der Waals surface area (Å²) in [6, 6.07) is 11.8. The van der Waals surface area contributed by atoms with Crippen molar-refractivity contribution in [1.82, 2.24) is 4.72 Å². The standard InChI is InChI=1S/C29H32N2O8S/c1-16(2)26(29(35)36)31-40(37,38)21-13-9-19(10-14-21)18-7-11-20(12-8-18)30-28(34)27-17(3)25-22(23(33)15-32)5-4-6-24(25)39-27/h4-14,16,23-26,31-33H,15H2,1-3H3,(H,30,34)(H,35,36)/t23?,24?,25?,26-/m0/s1. The van der Waals surface area contributed by atoms with Gasteiger partial charge in [0.1, 0.15) is 12.1 Å². The Morgan fingerprint density at radius 1 is 1.02 bits per heavy atom. The molecular formula is C29H32N2O8S. The van der Waals surface area contributed by atoms with Gasteiger partial charge in [-0.05, 0) is 65.5 Å². The number of anilines is 1. The molecule has 0 spiro atoms. The molecule has 11 heteroatoms. The molecule has 2 aliphatic rings. The molecular weight excluding hydrogens is 536 g/mol. The SMILES string of the molecule is CC1=C(C(=O)Nc2ccc(-c3ccc(S(=O)(=O)N[C@H](C(=O)O)C(C)C)cc3)cc2)OC2C=CC=C(C(O)CO)C12. The average molecular weight is 569 g/mol. The number of carboxylic acids is 1. The first-order chi connectivity index (χ1) is 18.9. The largest absolute Gasteiger partial charge is 0.480 e. The molecule has 0 saturated carbocycles. The van der Waals surface area contributed by atoms with Gasteiger partial charge in [0.25, 0.3) is 5.91 Å². The lowest BCUT2D eigenvalue weighted by atomic mass is 9.82. The fraction of sp³-hybridized carbons (Fsp3) is 0.310. The highest BCUT2D eigenvalue weighted by atomic mass is 32.2. The molecule has 0 radical (unpaired) electrons. The van der Waals surface area contributed by atoms with Crippen molar-refractivity contribution in [2.45, 2.75) is 43.9 Å². The molecule has 3 unspecified atom stereocenters. The second kappa shape index (κ2) is 11.8. The predicted octanol–water partition coefficient (Wildman–Crippen LogP) is 2.82. The number of hydrogen-bond donors (Lipinski definition) is 5. The number of rotatable bonds is 10. The summed E-state index contributed by atoms with van der Waals surface area (Å²) in [6.45, 7) is 4.58. The van der Waals surface area contributed by atoms with Gasteiger partial charge in [0.15, 0.2) is 5.76 Å². The summed E-state index contributed by atoms with van der Waals surface area (Å²) in [5.74, 6) is -2.28. The van der Waals surface area contributed by atoms with E-state index >= 15 is 0 Å². The highest BCUT2D eigenvalue weighted by Gasteiger charge is 2.40. The van der Waals surface area contributed by atoms with Crippen LogP contribution in [0.5, 0.6) is 0 Å². The van der Waals surface area contributed by atoms with E-state index in [1.54, 1.807) is 75.4 Å². The lowest BCUT2D eigenvalue weighted by Crippen LogP contribution is -2.44. The van der Waals surface area contributed by atoms with Crippen molar-refractivity contribution in [3.05, 3.63) is 83.7 Å². The number of nitrogens with one attached hydrogen (secondary N) is 2. The second-order valence-electron chi connectivity index (χ2n) is 10.1. The third-order valence-electron chi connectivity index (χ3n) is 6.98. The molecule has 1 amide bonds. The topological polar surface area (TPSA) is 162 Å². The van der Waals surface area contributed by atoms with Crippen LogP contribution < -0.4 is 10.0 Å². The Morgan fingerprint density at radius 3 is 2.17 bits per heavy atom. The van der Waals surface area contributed by atoms with Crippen molar-refractivity contribution >= 4 is 27.6 Å². The first kappa shape index (κ1) is 29.2. The van der Waals surface area contributed by atoms with Gasteiger partial charge in [0, 0.05) is 11.6 Å². The van der Waals surface area contributed by atoms with E-state index in [0.29, 0.717) is 16.8 Å². The van der Waals surface area contributed by atoms with Gasteiger partial charge < -0.3 is 25.4 Å². The number of carbonyl (C=O) groups is 2. The number of ether oxygens (including phenoxy) is 1. The Morgan fingerprint density at radius 2 is 1.62 bits per heavy atom. The summed E-state index contributed by atoms with van der Waals surface area (Å²) in [5.41, 5.74) is 3.28. The van der Waals surface area contributed by atoms with Gasteiger partial charge in [0.2, 0.25) is 10.0 Å². The number of hydrogen-bond acceptors (Lipinski definition) is 7. The smallest absolute Gasteiger partial charge is 0.322 e. The molecule has 2 aromatic carbocycles. The molecule has 10 nitrogen and oxygen atoms in total. The number of allylic oxidation sites excluding steroid dienone is 2. The maximum Gasteiger partial charge on any atom is 0.322 e. The van der Waals surface area contributed by atoms with Gasteiger partial charge in [-0.1, -0.05) is 50.3 Å². The van der Waals surface area contributed by atoms with E-state index in [9.17, 15) is 33.3 Å². The molecule has 1 aliphatic carbocycles. The van der Waals surface area contributed by atoms with E-state index in [1.807, 2.05) is 0 Å². The van der Waals surface area contributed by atoms with Crippen LogP contribution in [-0.2, 0) is 24.3 Å². The second-order valence-corrected chi connectivity index (χ2v) is 11.8. The molecule has 0 aromatic heterocycles. The zero-order valence-corrected chi connectivity index (χ0v) is 23.1. The van der Waals surface area contributed by atoms with Crippen LogP contribution in [0.1, 0.15) is 20.8 Å². The fourth-order valence-electron chi connectivity index (χ4n) is 4.78. The maximum atomic E-state index is 13.0. The van der Waals surface area contributed by atoms with Crippen molar-refractivity contribution in [2.75, 3.05) is 11.9 Å². The summed E-state index contributed by atoms with van der Waals surface area (Å²) in [6.07, 6.45) is 3.78. The van der Waals surface area contributed by atoms with Crippen molar-refractivity contribution in [3.8, 4) is 11.1 Å². The third kappa shape index (κ3) is 6.02. The Kier molecular flexibility index (Phi) is 8.59. The van der Waals surface area contributed by atoms with Crippen LogP contribution in [0.4, 0.5) is 5.69 Å². The Labute approximate surface area is 232 Å². The number of carbonyl (C=O) groups excluding carboxylic acids is 1. The first-order valence-corrected chi connectivity index (χ1v) is 14.2. The molecule has 2 aromatic rings. The molecule has 0 fully saturated rings. The highest BCUT2D eigenvalue weighted by molar-refractivity contribution is 7.89. The van der Waals surface area contributed by atoms with Gasteiger partial charge in [0.05, 0.1) is 17.6 Å². The normalized spacial score (nSPS) is 20.0. The minimum absolute atomic E-state index is 0.0489. The van der Waals surface area contributed by atoms with Gasteiger partial charge in [-0.25, -0.2) is 8.42 Å². The quantitative estimate of drug-likeness (QED) is 0.292. The van der Waals surface area contributed by atoms with Crippen molar-refractivity contribution in [3.63, 3.8) is 0 Å². The first-order valence-electron chi connectivity index (χ1n) is 12.7. The van der Waals surface area contributed by atoms with Crippen LogP contribution >= 0.6 is 0 Å². The molecule has 0 bridgehead atoms. The van der Waals surface area contributed by atoms with E-state index < -0.39 is 52.7 Å². The van der Waals surface area contributed by atoms with E-state index in [-0.39, 0.29) is 16.6 Å². The number of aliphatic hydroxyl groups excluding tert-OH is 2. The summed E-state index contributed by atoms with van der Waals surface area (Å²) >= 11 is 0. The lowest BCUT2D eigenvalue weighted by molar-refractivity contribution is -0.140. The predicted molar refractivity (Wildman–Crippen MR) is 148 cm³/mol. The van der Waals surface area contributed by atoms with Crippen molar-refractivity contribution in [1.29, 1.82) is 0 Å². The average Bonchev–Trinajstić information content (AvgIpc) is 3.28. The molecule has 0 saturated heterocycles. The Hall–Kier alpha value is -3.77. The van der Waals surface area contributed by atoms with Crippen molar-refractivity contribution < 1.29 is 38.1 Å². The van der Waals surface area contributed by atoms with E-state index in [2.05, 4.69) is 10.0 Å². The minimum atomic E-state index is -4.03. The number of benzene rings is 2. The van der Waals surface area contributed by atoms with Crippen LogP contribution in [0.15, 0.2) is 88.6 Å². The van der Waals surface area contributed by atoms with E-state index in [0.717, 1.165) is 11.1 Å². The number of carboxylic acid groups (broad SMARTS) is 1. The lowest BCUT2D eigenvalue weighted by Gasteiger charge is -2.26. The van der Waals surface area contributed by atoms with Crippen molar-refractivity contribution in [2.24, 2.45) is 11.8 Å². The zero-order chi connectivity index (χ0) is 29.2. The summed E-state index contributed by atoms with van der Waals surface area (Å²) in [4.78, 5) is 24.4. The minimum Gasteiger partial charge on any atom is -0.480 e. The molecule has 1 aliphatic heterocycles. The summed E-state index contributed by atoms with van der Waals surface area (Å²) in [5, 5.41) is 31.7. The number of aliphatic hydroxyl groups is 2. The number of fused-ring (bicyclic) bond motifs is 1. The number of sulfonamides is 1. The van der Waals surface area contributed by atoms with Gasteiger partial charge in [-0.2, -0.15) is 4.72 Å². The van der Waals surface area contributed by atoms with Gasteiger partial charge in [-0.3, -0.25) is 9.59 Å². The van der Waals surface area contributed by atoms with Crippen LogP contribution in [0.3, 0.4) is 0 Å². The summed E-state index contributed by atoms with van der Waals surface area (Å²) in [7, 11) is -4.03. The fourth-order valence-corrected chi connectivity index (χ4v) is 6.12. The van der Waals surface area contributed by atoms with Crippen LogP contribution in [0, 0.1) is 11.8 Å².